The number of rotatable bonds is 3. The molecule has 1 rings (SSSR count). The fraction of sp³-hybridized carbons (Fsp3) is 0.909. The first-order valence-corrected chi connectivity index (χ1v) is 7.76. The molecule has 0 spiro atoms. The normalized spacial score (nSPS) is 25.9. The molecule has 6 heteroatoms. The standard InChI is InChI=1S/C11H21NO4S/c1-11(2,3)16-10(13)9-6-12-5-8(9)7-17(4,14)15/h8-9,12H,5-7H2,1-4H3/t8-,9-/m1/s1. The van der Waals surface area contributed by atoms with Crippen molar-refractivity contribution in [1.82, 2.24) is 5.32 Å². The Kier molecular flexibility index (Phi) is 4.19. The summed E-state index contributed by atoms with van der Waals surface area (Å²) in [6.07, 6.45) is 1.19. The highest BCUT2D eigenvalue weighted by molar-refractivity contribution is 7.90. The van der Waals surface area contributed by atoms with Crippen molar-refractivity contribution in [3.63, 3.8) is 0 Å². The van der Waals surface area contributed by atoms with E-state index in [2.05, 4.69) is 5.32 Å². The largest absolute Gasteiger partial charge is 0.460 e. The summed E-state index contributed by atoms with van der Waals surface area (Å²) in [5.74, 6) is -0.816. The summed E-state index contributed by atoms with van der Waals surface area (Å²) in [6, 6.07) is 0. The molecule has 0 aromatic rings. The van der Waals surface area contributed by atoms with Gasteiger partial charge in [-0.05, 0) is 33.2 Å². The molecule has 1 fully saturated rings. The lowest BCUT2D eigenvalue weighted by Gasteiger charge is -2.24. The summed E-state index contributed by atoms with van der Waals surface area (Å²) in [6.45, 7) is 6.46. The van der Waals surface area contributed by atoms with Crippen LogP contribution in [0.1, 0.15) is 20.8 Å². The molecule has 1 heterocycles. The van der Waals surface area contributed by atoms with E-state index in [9.17, 15) is 13.2 Å². The van der Waals surface area contributed by atoms with Crippen LogP contribution in [0.4, 0.5) is 0 Å². The zero-order valence-electron chi connectivity index (χ0n) is 10.8. The van der Waals surface area contributed by atoms with Crippen LogP contribution in [0.2, 0.25) is 0 Å². The molecule has 0 aliphatic carbocycles. The Morgan fingerprint density at radius 2 is 1.94 bits per heavy atom. The summed E-state index contributed by atoms with van der Waals surface area (Å²) < 4.78 is 27.8. The third-order valence-corrected chi connectivity index (χ3v) is 3.60. The SMILES string of the molecule is CC(C)(C)OC(=O)[C@@H]1CNC[C@@H]1CS(C)(=O)=O. The number of carbonyl (C=O) groups excluding carboxylic acids is 1. The van der Waals surface area contributed by atoms with Gasteiger partial charge in [-0.15, -0.1) is 0 Å². The molecule has 0 aromatic carbocycles. The molecule has 0 radical (unpaired) electrons. The summed E-state index contributed by atoms with van der Waals surface area (Å²) in [5, 5.41) is 3.05. The van der Waals surface area contributed by atoms with Crippen molar-refractivity contribution in [2.24, 2.45) is 11.8 Å². The first kappa shape index (κ1) is 14.4. The van der Waals surface area contributed by atoms with Gasteiger partial charge in [0.1, 0.15) is 15.4 Å². The van der Waals surface area contributed by atoms with E-state index in [1.165, 1.54) is 6.26 Å². The quantitative estimate of drug-likeness (QED) is 0.737. The second-order valence-corrected chi connectivity index (χ2v) is 7.84. The molecule has 0 aromatic heterocycles. The van der Waals surface area contributed by atoms with Gasteiger partial charge in [-0.1, -0.05) is 0 Å². The minimum absolute atomic E-state index is 0.0317. The maximum absolute atomic E-state index is 11.9. The van der Waals surface area contributed by atoms with E-state index in [4.69, 9.17) is 4.74 Å². The number of hydrogen-bond donors (Lipinski definition) is 1. The van der Waals surface area contributed by atoms with Gasteiger partial charge in [-0.3, -0.25) is 4.79 Å². The number of sulfone groups is 1. The molecule has 1 saturated heterocycles. The van der Waals surface area contributed by atoms with E-state index in [0.717, 1.165) is 0 Å². The molecule has 2 atom stereocenters. The predicted octanol–water partition coefficient (Wildman–Crippen LogP) is 0.208. The average Bonchev–Trinajstić information content (AvgIpc) is 2.45. The monoisotopic (exact) mass is 263 g/mol. The molecule has 0 saturated carbocycles. The Balaban J connectivity index is 2.66. The van der Waals surface area contributed by atoms with Gasteiger partial charge < -0.3 is 10.1 Å². The Bertz CT molecular complexity index is 383. The first-order valence-electron chi connectivity index (χ1n) is 5.70. The van der Waals surface area contributed by atoms with Crippen LogP contribution in [0, 0.1) is 11.8 Å². The fourth-order valence-corrected chi connectivity index (χ4v) is 3.08. The van der Waals surface area contributed by atoms with Crippen molar-refractivity contribution < 1.29 is 17.9 Å². The van der Waals surface area contributed by atoms with Crippen molar-refractivity contribution >= 4 is 15.8 Å². The first-order chi connectivity index (χ1) is 7.58. The third-order valence-electron chi connectivity index (χ3n) is 2.57. The predicted molar refractivity (Wildman–Crippen MR) is 65.4 cm³/mol. The minimum Gasteiger partial charge on any atom is -0.460 e. The minimum atomic E-state index is -3.07. The highest BCUT2D eigenvalue weighted by Crippen LogP contribution is 2.22. The van der Waals surface area contributed by atoms with E-state index in [0.29, 0.717) is 13.1 Å². The summed E-state index contributed by atoms with van der Waals surface area (Å²) in [7, 11) is -3.07. The van der Waals surface area contributed by atoms with Crippen LogP contribution >= 0.6 is 0 Å². The Morgan fingerprint density at radius 1 is 1.35 bits per heavy atom. The number of hydrogen-bond acceptors (Lipinski definition) is 5. The topological polar surface area (TPSA) is 72.5 Å². The molecule has 1 aliphatic heterocycles. The number of esters is 1. The van der Waals surface area contributed by atoms with E-state index in [-0.39, 0.29) is 23.6 Å². The van der Waals surface area contributed by atoms with Gasteiger partial charge in [0.2, 0.25) is 0 Å². The highest BCUT2D eigenvalue weighted by atomic mass is 32.2. The highest BCUT2D eigenvalue weighted by Gasteiger charge is 2.37. The Morgan fingerprint density at radius 3 is 2.41 bits per heavy atom. The fourth-order valence-electron chi connectivity index (χ4n) is 1.95. The zero-order chi connectivity index (χ0) is 13.3. The van der Waals surface area contributed by atoms with Crippen LogP contribution in [0.5, 0.6) is 0 Å². The van der Waals surface area contributed by atoms with Crippen LogP contribution in [0.25, 0.3) is 0 Å². The van der Waals surface area contributed by atoms with E-state index >= 15 is 0 Å². The van der Waals surface area contributed by atoms with E-state index in [1.807, 2.05) is 0 Å². The van der Waals surface area contributed by atoms with Gasteiger partial charge in [0.05, 0.1) is 11.7 Å². The zero-order valence-corrected chi connectivity index (χ0v) is 11.6. The molecule has 0 unspecified atom stereocenters. The van der Waals surface area contributed by atoms with Gasteiger partial charge in [0, 0.05) is 12.8 Å². The second-order valence-electron chi connectivity index (χ2n) is 5.65. The summed E-state index contributed by atoms with van der Waals surface area (Å²) >= 11 is 0. The maximum Gasteiger partial charge on any atom is 0.311 e. The van der Waals surface area contributed by atoms with Crippen LogP contribution < -0.4 is 5.32 Å². The molecule has 5 nitrogen and oxygen atoms in total. The maximum atomic E-state index is 11.9. The Labute approximate surface area is 103 Å². The lowest BCUT2D eigenvalue weighted by atomic mass is 9.98. The van der Waals surface area contributed by atoms with Gasteiger partial charge in [-0.25, -0.2) is 8.42 Å². The Hall–Kier alpha value is -0.620. The van der Waals surface area contributed by atoms with Crippen molar-refractivity contribution in [3.8, 4) is 0 Å². The number of ether oxygens (including phenoxy) is 1. The lowest BCUT2D eigenvalue weighted by Crippen LogP contribution is -2.34. The van der Waals surface area contributed by atoms with Crippen LogP contribution in [-0.4, -0.2) is 45.1 Å². The van der Waals surface area contributed by atoms with Crippen LogP contribution in [-0.2, 0) is 19.4 Å². The van der Waals surface area contributed by atoms with E-state index in [1.54, 1.807) is 20.8 Å². The van der Waals surface area contributed by atoms with Gasteiger partial charge in [0.15, 0.2) is 0 Å². The van der Waals surface area contributed by atoms with Crippen molar-refractivity contribution in [1.29, 1.82) is 0 Å². The molecular weight excluding hydrogens is 242 g/mol. The average molecular weight is 263 g/mol. The van der Waals surface area contributed by atoms with E-state index < -0.39 is 15.4 Å². The molecule has 17 heavy (non-hydrogen) atoms. The molecule has 1 N–H and O–H groups in total. The smallest absolute Gasteiger partial charge is 0.311 e. The molecule has 1 aliphatic rings. The van der Waals surface area contributed by atoms with Crippen molar-refractivity contribution in [2.75, 3.05) is 25.1 Å². The molecule has 100 valence electrons. The molecule has 0 amide bonds. The van der Waals surface area contributed by atoms with Gasteiger partial charge in [0.25, 0.3) is 0 Å². The molecular formula is C11H21NO4S. The molecule has 0 bridgehead atoms. The number of carbonyl (C=O) groups is 1. The van der Waals surface area contributed by atoms with Crippen LogP contribution in [0.15, 0.2) is 0 Å². The van der Waals surface area contributed by atoms with Crippen molar-refractivity contribution in [2.45, 2.75) is 26.4 Å². The summed E-state index contributed by atoms with van der Waals surface area (Å²) in [5.41, 5.74) is -0.532. The van der Waals surface area contributed by atoms with Gasteiger partial charge >= 0.3 is 5.97 Å². The van der Waals surface area contributed by atoms with Gasteiger partial charge in [-0.2, -0.15) is 0 Å². The van der Waals surface area contributed by atoms with Crippen molar-refractivity contribution in [3.05, 3.63) is 0 Å². The second kappa shape index (κ2) is 4.94. The third kappa shape index (κ3) is 5.04. The summed E-state index contributed by atoms with van der Waals surface area (Å²) in [4.78, 5) is 11.9. The lowest BCUT2D eigenvalue weighted by molar-refractivity contribution is -0.160. The number of nitrogens with one attached hydrogen (secondary N) is 1. The van der Waals surface area contributed by atoms with Crippen LogP contribution in [0.3, 0.4) is 0 Å².